The Morgan fingerprint density at radius 3 is 0.881 bits per heavy atom. The Morgan fingerprint density at radius 2 is 0.537 bits per heavy atom. The number of hydrogen-bond acceptors (Lipinski definition) is 6. The maximum absolute atomic E-state index is 12.9. The number of allylic oxidation sites excluding steroid dienone is 6. The summed E-state index contributed by atoms with van der Waals surface area (Å²) in [5.41, 5.74) is 0. The van der Waals surface area contributed by atoms with E-state index in [2.05, 4.69) is 57.2 Å². The number of rotatable bonds is 54. The van der Waals surface area contributed by atoms with Crippen molar-refractivity contribution in [3.05, 3.63) is 36.5 Å². The van der Waals surface area contributed by atoms with E-state index in [1.807, 2.05) is 0 Å². The molecule has 67 heavy (non-hydrogen) atoms. The third kappa shape index (κ3) is 54.4. The largest absolute Gasteiger partial charge is 0.462 e. The number of ether oxygens (including phenoxy) is 3. The van der Waals surface area contributed by atoms with Crippen molar-refractivity contribution >= 4 is 17.9 Å². The second-order valence-corrected chi connectivity index (χ2v) is 19.9. The zero-order valence-corrected chi connectivity index (χ0v) is 44.9. The summed E-state index contributed by atoms with van der Waals surface area (Å²) in [5.74, 6) is -0.873. The van der Waals surface area contributed by atoms with Crippen LogP contribution in [0.15, 0.2) is 36.5 Å². The summed E-state index contributed by atoms with van der Waals surface area (Å²) in [6.45, 7) is 6.63. The molecule has 0 aromatic heterocycles. The lowest BCUT2D eigenvalue weighted by Crippen LogP contribution is -2.30. The fraction of sp³-hybridized carbons (Fsp3) is 0.852. The summed E-state index contributed by atoms with van der Waals surface area (Å²) in [5, 5.41) is 0. The standard InChI is InChI=1S/C61H112O6/c1-4-7-10-13-16-19-22-25-27-29-30-32-33-36-39-42-45-48-51-54-60(63)66-57-58(56-65-59(62)53-50-47-44-41-38-35-24-21-18-15-12-9-6-3)67-61(64)55-52-49-46-43-40-37-34-31-28-26-23-20-17-14-11-8-5-2/h17,20-21,24,26,28,58H,4-16,18-19,22-23,25,27,29-57H2,1-3H3/b20-17-,24-21-,28-26-. The van der Waals surface area contributed by atoms with Crippen molar-refractivity contribution < 1.29 is 28.6 Å². The Kier molecular flexibility index (Phi) is 54.2. The number of unbranched alkanes of at least 4 members (excludes halogenated alkanes) is 37. The smallest absolute Gasteiger partial charge is 0.306 e. The highest BCUT2D eigenvalue weighted by molar-refractivity contribution is 5.71. The van der Waals surface area contributed by atoms with Crippen molar-refractivity contribution in [3.63, 3.8) is 0 Å². The molecule has 0 aliphatic heterocycles. The molecule has 0 aromatic rings. The van der Waals surface area contributed by atoms with Crippen LogP contribution in [-0.4, -0.2) is 37.2 Å². The van der Waals surface area contributed by atoms with E-state index in [1.165, 1.54) is 199 Å². The van der Waals surface area contributed by atoms with E-state index in [1.54, 1.807) is 0 Å². The van der Waals surface area contributed by atoms with E-state index in [4.69, 9.17) is 14.2 Å². The Labute approximate surface area is 416 Å². The summed E-state index contributed by atoms with van der Waals surface area (Å²) in [4.78, 5) is 38.2. The third-order valence-electron chi connectivity index (χ3n) is 13.1. The minimum absolute atomic E-state index is 0.0743. The summed E-state index contributed by atoms with van der Waals surface area (Å²) in [7, 11) is 0. The Hall–Kier alpha value is -2.37. The lowest BCUT2D eigenvalue weighted by molar-refractivity contribution is -0.167. The topological polar surface area (TPSA) is 78.9 Å². The fourth-order valence-corrected chi connectivity index (χ4v) is 8.65. The Bertz CT molecular complexity index is 1130. The van der Waals surface area contributed by atoms with Crippen LogP contribution in [0.3, 0.4) is 0 Å². The highest BCUT2D eigenvalue weighted by Gasteiger charge is 2.19. The fourth-order valence-electron chi connectivity index (χ4n) is 8.65. The van der Waals surface area contributed by atoms with E-state index in [-0.39, 0.29) is 31.1 Å². The quantitative estimate of drug-likeness (QED) is 0.0262. The Balaban J connectivity index is 4.33. The van der Waals surface area contributed by atoms with Crippen LogP contribution < -0.4 is 0 Å². The first kappa shape index (κ1) is 64.6. The molecule has 0 spiro atoms. The van der Waals surface area contributed by atoms with Crippen LogP contribution in [0.5, 0.6) is 0 Å². The second kappa shape index (κ2) is 56.2. The summed E-state index contributed by atoms with van der Waals surface area (Å²) in [6, 6.07) is 0. The number of esters is 3. The van der Waals surface area contributed by atoms with Crippen molar-refractivity contribution in [2.24, 2.45) is 0 Å². The molecule has 392 valence electrons. The molecule has 0 radical (unpaired) electrons. The molecule has 0 heterocycles. The molecule has 6 heteroatoms. The first-order valence-electron chi connectivity index (χ1n) is 29.5. The maximum atomic E-state index is 12.9. The van der Waals surface area contributed by atoms with Crippen LogP contribution in [-0.2, 0) is 28.6 Å². The number of carbonyl (C=O) groups is 3. The molecule has 0 rings (SSSR count). The van der Waals surface area contributed by atoms with Crippen molar-refractivity contribution in [1.29, 1.82) is 0 Å². The third-order valence-corrected chi connectivity index (χ3v) is 13.1. The molecule has 6 nitrogen and oxygen atoms in total. The molecular weight excluding hydrogens is 829 g/mol. The molecule has 0 N–H and O–H groups in total. The van der Waals surface area contributed by atoms with Gasteiger partial charge in [-0.25, -0.2) is 0 Å². The molecular formula is C61H112O6. The van der Waals surface area contributed by atoms with Crippen LogP contribution in [0.25, 0.3) is 0 Å². The van der Waals surface area contributed by atoms with Crippen LogP contribution >= 0.6 is 0 Å². The lowest BCUT2D eigenvalue weighted by atomic mass is 10.0. The summed E-state index contributed by atoms with van der Waals surface area (Å²) >= 11 is 0. The summed E-state index contributed by atoms with van der Waals surface area (Å²) in [6.07, 6.45) is 67.0. The molecule has 0 bridgehead atoms. The predicted molar refractivity (Wildman–Crippen MR) is 289 cm³/mol. The van der Waals surface area contributed by atoms with E-state index in [9.17, 15) is 14.4 Å². The average Bonchev–Trinajstić information content (AvgIpc) is 3.33. The summed E-state index contributed by atoms with van der Waals surface area (Å²) < 4.78 is 16.9. The molecule has 0 aromatic carbocycles. The van der Waals surface area contributed by atoms with Gasteiger partial charge in [-0.3, -0.25) is 14.4 Å². The number of hydrogen-bond donors (Lipinski definition) is 0. The van der Waals surface area contributed by atoms with Gasteiger partial charge in [-0.1, -0.05) is 256 Å². The van der Waals surface area contributed by atoms with E-state index < -0.39 is 6.10 Å². The van der Waals surface area contributed by atoms with Crippen molar-refractivity contribution in [3.8, 4) is 0 Å². The minimum Gasteiger partial charge on any atom is -0.462 e. The Morgan fingerprint density at radius 1 is 0.299 bits per heavy atom. The molecule has 0 aliphatic carbocycles. The van der Waals surface area contributed by atoms with Crippen molar-refractivity contribution in [2.75, 3.05) is 13.2 Å². The minimum atomic E-state index is -0.777. The van der Waals surface area contributed by atoms with Gasteiger partial charge < -0.3 is 14.2 Å². The normalized spacial score (nSPS) is 12.2. The first-order chi connectivity index (χ1) is 33.0. The average molecular weight is 942 g/mol. The first-order valence-corrected chi connectivity index (χ1v) is 29.5. The highest BCUT2D eigenvalue weighted by Crippen LogP contribution is 2.17. The van der Waals surface area contributed by atoms with Gasteiger partial charge in [0, 0.05) is 19.3 Å². The van der Waals surface area contributed by atoms with Gasteiger partial charge in [0.05, 0.1) is 0 Å². The van der Waals surface area contributed by atoms with Gasteiger partial charge in [0.1, 0.15) is 13.2 Å². The zero-order valence-electron chi connectivity index (χ0n) is 44.9. The van der Waals surface area contributed by atoms with E-state index in [0.29, 0.717) is 19.3 Å². The van der Waals surface area contributed by atoms with Gasteiger partial charge in [0.15, 0.2) is 6.10 Å². The molecule has 0 fully saturated rings. The van der Waals surface area contributed by atoms with Crippen LogP contribution in [0.4, 0.5) is 0 Å². The van der Waals surface area contributed by atoms with Gasteiger partial charge in [-0.2, -0.15) is 0 Å². The van der Waals surface area contributed by atoms with Crippen LogP contribution in [0, 0.1) is 0 Å². The van der Waals surface area contributed by atoms with Gasteiger partial charge >= 0.3 is 17.9 Å². The van der Waals surface area contributed by atoms with E-state index in [0.717, 1.165) is 77.0 Å². The molecule has 0 aliphatic rings. The van der Waals surface area contributed by atoms with Gasteiger partial charge in [-0.15, -0.1) is 0 Å². The molecule has 0 saturated heterocycles. The SMILES string of the molecule is CCCCC/C=C\C/C=C\CCCCCCCCCC(=O)OC(COC(=O)CCCCCCC/C=C\CCCCCC)COC(=O)CCCCCCCCCCCCCCCCCCCCC. The maximum Gasteiger partial charge on any atom is 0.306 e. The predicted octanol–water partition coefficient (Wildman–Crippen LogP) is 19.7. The van der Waals surface area contributed by atoms with Gasteiger partial charge in [-0.05, 0) is 77.0 Å². The van der Waals surface area contributed by atoms with Crippen LogP contribution in [0.2, 0.25) is 0 Å². The second-order valence-electron chi connectivity index (χ2n) is 19.9. The highest BCUT2D eigenvalue weighted by atomic mass is 16.6. The zero-order chi connectivity index (χ0) is 48.6. The lowest BCUT2D eigenvalue weighted by Gasteiger charge is -2.18. The monoisotopic (exact) mass is 941 g/mol. The number of carbonyl (C=O) groups excluding carboxylic acids is 3. The van der Waals surface area contributed by atoms with Gasteiger partial charge in [0.2, 0.25) is 0 Å². The van der Waals surface area contributed by atoms with Crippen LogP contribution in [0.1, 0.15) is 316 Å². The van der Waals surface area contributed by atoms with Gasteiger partial charge in [0.25, 0.3) is 0 Å². The molecule has 0 saturated carbocycles. The molecule has 1 atom stereocenters. The molecule has 1 unspecified atom stereocenters. The molecule has 0 amide bonds. The van der Waals surface area contributed by atoms with E-state index >= 15 is 0 Å². The van der Waals surface area contributed by atoms with Crippen molar-refractivity contribution in [2.45, 2.75) is 322 Å². The van der Waals surface area contributed by atoms with Crippen molar-refractivity contribution in [1.82, 2.24) is 0 Å².